The van der Waals surface area contributed by atoms with Gasteiger partial charge in [0.25, 0.3) is 0 Å². The van der Waals surface area contributed by atoms with Crippen molar-refractivity contribution in [3.8, 4) is 0 Å². The number of carbonyl (C=O) groups is 2. The molecule has 0 heterocycles. The van der Waals surface area contributed by atoms with E-state index in [4.69, 9.17) is 23.2 Å². The lowest BCUT2D eigenvalue weighted by molar-refractivity contribution is 0.268. The molecule has 0 aliphatic carbocycles. The molecule has 0 aliphatic heterocycles. The fraction of sp³-hybridized carbons (Fsp3) is 0. The second kappa shape index (κ2) is 4.83. The number of carbonyl (C=O) groups excluding carboxylic acids is 2. The fourth-order valence-electron chi connectivity index (χ4n) is 0.864. The summed E-state index contributed by atoms with van der Waals surface area (Å²) < 4.78 is 0. The molecule has 0 atom stereocenters. The van der Waals surface area contributed by atoms with Crippen molar-refractivity contribution in [3.05, 3.63) is 24.3 Å². The molecule has 2 amide bonds. The van der Waals surface area contributed by atoms with Crippen molar-refractivity contribution in [2.75, 3.05) is 10.6 Å². The van der Waals surface area contributed by atoms with E-state index in [1.807, 2.05) is 0 Å². The molecule has 0 aromatic heterocycles. The first-order valence-corrected chi connectivity index (χ1v) is 4.36. The minimum absolute atomic E-state index is 0.539. The zero-order valence-electron chi connectivity index (χ0n) is 6.88. The Kier molecular flexibility index (Phi) is 3.73. The van der Waals surface area contributed by atoms with Crippen molar-refractivity contribution >= 4 is 45.3 Å². The SMILES string of the molecule is O=C(Cl)Nc1ccc(NC(=O)Cl)cc1. The summed E-state index contributed by atoms with van der Waals surface area (Å²) in [6.07, 6.45) is 0. The van der Waals surface area contributed by atoms with Crippen molar-refractivity contribution in [2.45, 2.75) is 0 Å². The number of rotatable bonds is 2. The first-order chi connectivity index (χ1) is 6.58. The van der Waals surface area contributed by atoms with E-state index < -0.39 is 10.7 Å². The highest BCUT2D eigenvalue weighted by atomic mass is 35.5. The molecule has 0 saturated carbocycles. The molecule has 0 saturated heterocycles. The molecule has 0 aliphatic rings. The summed E-state index contributed by atoms with van der Waals surface area (Å²) in [5.74, 6) is 0. The second-order valence-electron chi connectivity index (χ2n) is 2.37. The van der Waals surface area contributed by atoms with Crippen LogP contribution in [0.4, 0.5) is 21.0 Å². The van der Waals surface area contributed by atoms with E-state index in [0.29, 0.717) is 11.4 Å². The molecular formula is C8H6Cl2N2O2. The number of benzene rings is 1. The van der Waals surface area contributed by atoms with Crippen molar-refractivity contribution < 1.29 is 9.59 Å². The highest BCUT2D eigenvalue weighted by Crippen LogP contribution is 2.14. The highest BCUT2D eigenvalue weighted by Gasteiger charge is 1.99. The lowest BCUT2D eigenvalue weighted by Gasteiger charge is -2.02. The molecule has 6 heteroatoms. The molecule has 1 rings (SSSR count). The Hall–Kier alpha value is -1.26. The van der Waals surface area contributed by atoms with Gasteiger partial charge in [-0.05, 0) is 47.5 Å². The van der Waals surface area contributed by atoms with Crippen molar-refractivity contribution in [3.63, 3.8) is 0 Å². The molecule has 0 bridgehead atoms. The van der Waals surface area contributed by atoms with Crippen LogP contribution in [0.15, 0.2) is 24.3 Å². The topological polar surface area (TPSA) is 58.2 Å². The maximum Gasteiger partial charge on any atom is 0.318 e. The Balaban J connectivity index is 2.68. The van der Waals surface area contributed by atoms with Gasteiger partial charge in [0.2, 0.25) is 0 Å². The van der Waals surface area contributed by atoms with E-state index in [1.54, 1.807) is 24.3 Å². The molecule has 1 aromatic carbocycles. The van der Waals surface area contributed by atoms with E-state index in [2.05, 4.69) is 10.6 Å². The summed E-state index contributed by atoms with van der Waals surface area (Å²) in [5, 5.41) is 3.40. The summed E-state index contributed by atoms with van der Waals surface area (Å²) in [6, 6.07) is 6.34. The summed E-state index contributed by atoms with van der Waals surface area (Å²) in [5.41, 5.74) is 1.08. The Morgan fingerprint density at radius 2 is 1.14 bits per heavy atom. The van der Waals surface area contributed by atoms with Crippen molar-refractivity contribution in [1.29, 1.82) is 0 Å². The number of halogens is 2. The maximum atomic E-state index is 10.4. The van der Waals surface area contributed by atoms with E-state index in [9.17, 15) is 9.59 Å². The molecule has 4 nitrogen and oxygen atoms in total. The van der Waals surface area contributed by atoms with Gasteiger partial charge in [0.05, 0.1) is 0 Å². The van der Waals surface area contributed by atoms with E-state index in [-0.39, 0.29) is 0 Å². The molecule has 2 N–H and O–H groups in total. The Bertz CT molecular complexity index is 316. The van der Waals surface area contributed by atoms with Crippen LogP contribution in [0.2, 0.25) is 0 Å². The van der Waals surface area contributed by atoms with Crippen LogP contribution in [-0.4, -0.2) is 10.7 Å². The second-order valence-corrected chi connectivity index (χ2v) is 3.06. The van der Waals surface area contributed by atoms with Crippen LogP contribution in [0.25, 0.3) is 0 Å². The predicted octanol–water partition coefficient (Wildman–Crippen LogP) is 3.23. The van der Waals surface area contributed by atoms with Gasteiger partial charge in [0, 0.05) is 11.4 Å². The number of hydrogen-bond acceptors (Lipinski definition) is 2. The van der Waals surface area contributed by atoms with Crippen LogP contribution < -0.4 is 10.6 Å². The number of nitrogens with one attached hydrogen (secondary N) is 2. The number of anilines is 2. The van der Waals surface area contributed by atoms with Gasteiger partial charge in [0.15, 0.2) is 0 Å². The summed E-state index contributed by atoms with van der Waals surface area (Å²) >= 11 is 10.2. The minimum atomic E-state index is -0.667. The number of amides is 2. The monoisotopic (exact) mass is 232 g/mol. The molecule has 0 radical (unpaired) electrons. The third-order valence-corrected chi connectivity index (χ3v) is 1.56. The molecule has 0 spiro atoms. The van der Waals surface area contributed by atoms with Gasteiger partial charge in [-0.2, -0.15) is 0 Å². The molecule has 74 valence electrons. The van der Waals surface area contributed by atoms with Crippen molar-refractivity contribution in [1.82, 2.24) is 0 Å². The third-order valence-electron chi connectivity index (χ3n) is 1.37. The predicted molar refractivity (Wildman–Crippen MR) is 56.2 cm³/mol. The zero-order chi connectivity index (χ0) is 10.6. The lowest BCUT2D eigenvalue weighted by atomic mass is 10.3. The van der Waals surface area contributed by atoms with Crippen LogP contribution >= 0.6 is 23.2 Å². The third kappa shape index (κ3) is 3.64. The average molecular weight is 233 g/mol. The maximum absolute atomic E-state index is 10.4. The van der Waals surface area contributed by atoms with Crippen LogP contribution in [0.5, 0.6) is 0 Å². The van der Waals surface area contributed by atoms with Gasteiger partial charge in [-0.3, -0.25) is 9.59 Å². The molecule has 14 heavy (non-hydrogen) atoms. The smallest absolute Gasteiger partial charge is 0.312 e. The van der Waals surface area contributed by atoms with Crippen LogP contribution in [0.3, 0.4) is 0 Å². The average Bonchev–Trinajstić information content (AvgIpc) is 2.06. The molecular weight excluding hydrogens is 227 g/mol. The van der Waals surface area contributed by atoms with Gasteiger partial charge in [-0.25, -0.2) is 0 Å². The molecule has 0 unspecified atom stereocenters. The first-order valence-electron chi connectivity index (χ1n) is 3.61. The van der Waals surface area contributed by atoms with Gasteiger partial charge in [-0.1, -0.05) is 0 Å². The summed E-state index contributed by atoms with van der Waals surface area (Å²) in [4.78, 5) is 20.9. The summed E-state index contributed by atoms with van der Waals surface area (Å²) in [6.45, 7) is 0. The van der Waals surface area contributed by atoms with Crippen LogP contribution in [0.1, 0.15) is 0 Å². The van der Waals surface area contributed by atoms with Crippen LogP contribution in [0, 0.1) is 0 Å². The van der Waals surface area contributed by atoms with E-state index in [0.717, 1.165) is 0 Å². The zero-order valence-corrected chi connectivity index (χ0v) is 8.39. The highest BCUT2D eigenvalue weighted by molar-refractivity contribution is 6.66. The molecule has 1 aromatic rings. The number of hydrogen-bond donors (Lipinski definition) is 2. The first kappa shape index (κ1) is 10.8. The van der Waals surface area contributed by atoms with E-state index >= 15 is 0 Å². The lowest BCUT2D eigenvalue weighted by Crippen LogP contribution is -2.03. The minimum Gasteiger partial charge on any atom is -0.312 e. The Labute approximate surface area is 90.2 Å². The van der Waals surface area contributed by atoms with Crippen LogP contribution in [-0.2, 0) is 0 Å². The standard InChI is InChI=1S/C8H6Cl2N2O2/c9-7(13)11-5-1-2-6(4-3-5)12-8(10)14/h1-4H,(H,11,13)(H,12,14). The fourth-order valence-corrected chi connectivity index (χ4v) is 1.08. The van der Waals surface area contributed by atoms with Gasteiger partial charge < -0.3 is 10.6 Å². The largest absolute Gasteiger partial charge is 0.318 e. The van der Waals surface area contributed by atoms with Gasteiger partial charge >= 0.3 is 10.7 Å². The quantitative estimate of drug-likeness (QED) is 0.608. The van der Waals surface area contributed by atoms with Gasteiger partial charge in [0.1, 0.15) is 0 Å². The van der Waals surface area contributed by atoms with Gasteiger partial charge in [-0.15, -0.1) is 0 Å². The Morgan fingerprint density at radius 1 is 0.857 bits per heavy atom. The summed E-state index contributed by atoms with van der Waals surface area (Å²) in [7, 11) is 0. The normalized spacial score (nSPS) is 9.29. The van der Waals surface area contributed by atoms with E-state index in [1.165, 1.54) is 0 Å². The van der Waals surface area contributed by atoms with Crippen molar-refractivity contribution in [2.24, 2.45) is 0 Å². The molecule has 0 fully saturated rings. The Morgan fingerprint density at radius 3 is 1.36 bits per heavy atom.